The van der Waals surface area contributed by atoms with E-state index < -0.39 is 23.1 Å². The average molecular weight is 654 g/mol. The molecule has 5 heteroatoms. The minimum Gasteiger partial charge on any atom is -0.296 e. The number of rotatable bonds is 10. The van der Waals surface area contributed by atoms with Crippen LogP contribution in [0.2, 0.25) is 0 Å². The van der Waals surface area contributed by atoms with Gasteiger partial charge < -0.3 is 0 Å². The van der Waals surface area contributed by atoms with Crippen LogP contribution in [0.5, 0.6) is 0 Å². The van der Waals surface area contributed by atoms with Crippen molar-refractivity contribution in [3.8, 4) is 0 Å². The third-order valence-corrected chi connectivity index (χ3v) is 17.6. The van der Waals surface area contributed by atoms with Crippen molar-refractivity contribution < 1.29 is 4.57 Å². The van der Waals surface area contributed by atoms with Gasteiger partial charge in [-0.05, 0) is 73.9 Å². The maximum Gasteiger partial charge on any atom is 0.207 e. The highest BCUT2D eigenvalue weighted by atomic mass is 31.2. The van der Waals surface area contributed by atoms with E-state index in [-0.39, 0.29) is 6.04 Å². The molecular weight excluding hydrogens is 615 g/mol. The highest BCUT2D eigenvalue weighted by molar-refractivity contribution is 7.77. The van der Waals surface area contributed by atoms with Crippen LogP contribution in [-0.4, -0.2) is 29.1 Å². The van der Waals surface area contributed by atoms with Gasteiger partial charge in [-0.1, -0.05) is 158 Å². The van der Waals surface area contributed by atoms with Gasteiger partial charge >= 0.3 is 0 Å². The molecule has 1 aliphatic rings. The van der Waals surface area contributed by atoms with E-state index in [2.05, 4.69) is 150 Å². The van der Waals surface area contributed by atoms with Crippen LogP contribution in [0.1, 0.15) is 6.42 Å². The molecule has 6 aromatic carbocycles. The first-order valence-corrected chi connectivity index (χ1v) is 20.6. The zero-order valence-corrected chi connectivity index (χ0v) is 28.5. The molecule has 2 atom stereocenters. The molecule has 2 nitrogen and oxygen atoms in total. The molecule has 1 saturated heterocycles. The summed E-state index contributed by atoms with van der Waals surface area (Å²) in [7, 11) is -4.53. The first-order chi connectivity index (χ1) is 22.7. The lowest BCUT2D eigenvalue weighted by Gasteiger charge is -2.35. The SMILES string of the molecule is O=P(c1ccccc1)(c1ccccc1)N1C[C@@H](P(c2ccccc2)c2ccccc2)C[C@H]1CP(c1ccccc1)c1ccccc1. The Hall–Kier alpha value is -3.63. The number of nitrogens with zero attached hydrogens (tertiary/aromatic N) is 1. The van der Waals surface area contributed by atoms with Crippen molar-refractivity contribution in [1.29, 1.82) is 0 Å². The predicted molar refractivity (Wildman–Crippen MR) is 202 cm³/mol. The van der Waals surface area contributed by atoms with Crippen LogP contribution in [0.4, 0.5) is 0 Å². The number of hydrogen-bond acceptors (Lipinski definition) is 1. The van der Waals surface area contributed by atoms with Gasteiger partial charge in [-0.15, -0.1) is 0 Å². The lowest BCUT2D eigenvalue weighted by atomic mass is 10.2. The van der Waals surface area contributed by atoms with Gasteiger partial charge in [0.1, 0.15) is 0 Å². The normalized spacial score (nSPS) is 17.0. The molecule has 0 unspecified atom stereocenters. The summed E-state index contributed by atoms with van der Waals surface area (Å²) in [5.74, 6) is 0. The van der Waals surface area contributed by atoms with Crippen molar-refractivity contribution in [1.82, 2.24) is 4.67 Å². The molecule has 6 aromatic rings. The third-order valence-electron chi connectivity index (χ3n) is 8.90. The summed E-state index contributed by atoms with van der Waals surface area (Å²) in [6.07, 6.45) is 1.95. The van der Waals surface area contributed by atoms with Crippen molar-refractivity contribution in [2.24, 2.45) is 0 Å². The van der Waals surface area contributed by atoms with Gasteiger partial charge in [0.15, 0.2) is 0 Å². The monoisotopic (exact) mass is 653 g/mol. The van der Waals surface area contributed by atoms with Crippen molar-refractivity contribution in [3.05, 3.63) is 182 Å². The molecule has 1 heterocycles. The molecule has 0 spiro atoms. The maximum absolute atomic E-state index is 16.1. The van der Waals surface area contributed by atoms with E-state index in [0.29, 0.717) is 5.66 Å². The molecule has 46 heavy (non-hydrogen) atoms. The fourth-order valence-electron chi connectivity index (χ4n) is 6.82. The molecule has 228 valence electrons. The highest BCUT2D eigenvalue weighted by Gasteiger charge is 2.47. The Balaban J connectivity index is 1.38. The van der Waals surface area contributed by atoms with Crippen molar-refractivity contribution in [3.63, 3.8) is 0 Å². The molecule has 0 amide bonds. The number of benzene rings is 6. The quantitative estimate of drug-likeness (QED) is 0.142. The van der Waals surface area contributed by atoms with Crippen LogP contribution < -0.4 is 31.8 Å². The minimum absolute atomic E-state index is 0.139. The fraction of sp³-hybridized carbons (Fsp3) is 0.122. The lowest BCUT2D eigenvalue weighted by molar-refractivity contribution is 0.422. The summed E-state index contributed by atoms with van der Waals surface area (Å²) in [4.78, 5) is 0. The van der Waals surface area contributed by atoms with E-state index in [9.17, 15) is 0 Å². The first kappa shape index (κ1) is 31.0. The third kappa shape index (κ3) is 6.47. The lowest BCUT2D eigenvalue weighted by Crippen LogP contribution is -2.38. The molecule has 1 fully saturated rings. The highest BCUT2D eigenvalue weighted by Crippen LogP contribution is 2.57. The van der Waals surface area contributed by atoms with Gasteiger partial charge in [-0.25, -0.2) is 4.67 Å². The molecule has 1 aliphatic heterocycles. The summed E-state index contributed by atoms with van der Waals surface area (Å²) in [6, 6.07) is 64.7. The molecule has 0 aromatic heterocycles. The van der Waals surface area contributed by atoms with Gasteiger partial charge in [-0.2, -0.15) is 0 Å². The van der Waals surface area contributed by atoms with Gasteiger partial charge in [0, 0.05) is 28.9 Å². The Morgan fingerprint density at radius 1 is 0.500 bits per heavy atom. The van der Waals surface area contributed by atoms with Crippen LogP contribution in [0, 0.1) is 0 Å². The van der Waals surface area contributed by atoms with Crippen LogP contribution in [0.3, 0.4) is 0 Å². The van der Waals surface area contributed by atoms with Crippen LogP contribution in [-0.2, 0) is 4.57 Å². The van der Waals surface area contributed by atoms with Gasteiger partial charge in [0.05, 0.1) is 0 Å². The standard InChI is InChI=1S/C41H38NOP3/c43-46(40-27-15-5-16-28-40,41-29-17-6-18-30-41)42-32-39(45(37-23-11-3-12-24-37)38-25-13-4-14-26-38)31-34(42)33-44(35-19-7-1-8-20-35)36-21-9-2-10-22-36/h1-30,34,39H,31-33H2/t34-,39-/m0/s1. The molecule has 0 saturated carbocycles. The second kappa shape index (κ2) is 14.4. The molecule has 0 N–H and O–H groups in total. The zero-order valence-electron chi connectivity index (χ0n) is 25.8. The zero-order chi connectivity index (χ0) is 31.2. The molecule has 0 aliphatic carbocycles. The van der Waals surface area contributed by atoms with E-state index >= 15 is 4.57 Å². The summed E-state index contributed by atoms with van der Waals surface area (Å²) >= 11 is 0. The maximum atomic E-state index is 16.1. The molecule has 0 radical (unpaired) electrons. The smallest absolute Gasteiger partial charge is 0.207 e. The Kier molecular flexibility index (Phi) is 9.72. The Bertz CT molecular complexity index is 1730. The second-order valence-corrected chi connectivity index (χ2v) is 19.2. The summed E-state index contributed by atoms with van der Waals surface area (Å²) in [5.41, 5.74) is 0.356. The largest absolute Gasteiger partial charge is 0.296 e. The second-order valence-electron chi connectivity index (χ2n) is 11.7. The van der Waals surface area contributed by atoms with Crippen LogP contribution in [0.25, 0.3) is 0 Å². The van der Waals surface area contributed by atoms with Crippen LogP contribution in [0.15, 0.2) is 182 Å². The topological polar surface area (TPSA) is 20.3 Å². The Morgan fingerprint density at radius 3 is 1.24 bits per heavy atom. The molecular formula is C41H38NOP3. The van der Waals surface area contributed by atoms with Crippen molar-refractivity contribution in [2.75, 3.05) is 12.7 Å². The Morgan fingerprint density at radius 2 is 0.848 bits per heavy atom. The average Bonchev–Trinajstić information content (AvgIpc) is 3.56. The van der Waals surface area contributed by atoms with Crippen molar-refractivity contribution in [2.45, 2.75) is 18.1 Å². The molecule has 7 rings (SSSR count). The minimum atomic E-state index is -3.17. The summed E-state index contributed by atoms with van der Waals surface area (Å²) in [5, 5.41) is 7.34. The predicted octanol–water partition coefficient (Wildman–Crippen LogP) is 7.62. The van der Waals surface area contributed by atoms with Crippen molar-refractivity contribution >= 4 is 55.0 Å². The van der Waals surface area contributed by atoms with Gasteiger partial charge in [0.25, 0.3) is 0 Å². The first-order valence-electron chi connectivity index (χ1n) is 16.0. The summed E-state index contributed by atoms with van der Waals surface area (Å²) in [6.45, 7) is 0.786. The fourth-order valence-corrected chi connectivity index (χ4v) is 15.7. The van der Waals surface area contributed by atoms with E-state index in [0.717, 1.165) is 29.7 Å². The van der Waals surface area contributed by atoms with Gasteiger partial charge in [-0.3, -0.25) is 4.57 Å². The van der Waals surface area contributed by atoms with Gasteiger partial charge in [0.2, 0.25) is 7.29 Å². The number of hydrogen-bond donors (Lipinski definition) is 0. The van der Waals surface area contributed by atoms with Crippen LogP contribution >= 0.6 is 23.1 Å². The van der Waals surface area contributed by atoms with E-state index in [1.165, 1.54) is 21.2 Å². The molecule has 0 bridgehead atoms. The van der Waals surface area contributed by atoms with E-state index in [1.54, 1.807) is 0 Å². The van der Waals surface area contributed by atoms with E-state index in [4.69, 9.17) is 0 Å². The van der Waals surface area contributed by atoms with E-state index in [1.807, 2.05) is 36.4 Å². The summed E-state index contributed by atoms with van der Waals surface area (Å²) < 4.78 is 18.5. The Labute approximate surface area is 276 Å².